The van der Waals surface area contributed by atoms with Crippen molar-refractivity contribution in [1.29, 1.82) is 5.26 Å². The van der Waals surface area contributed by atoms with Crippen LogP contribution in [-0.2, 0) is 21.4 Å². The van der Waals surface area contributed by atoms with Gasteiger partial charge in [-0.3, -0.25) is 14.7 Å². The van der Waals surface area contributed by atoms with Gasteiger partial charge in [0, 0.05) is 68.1 Å². The van der Waals surface area contributed by atoms with E-state index in [0.717, 1.165) is 35.6 Å². The van der Waals surface area contributed by atoms with Crippen molar-refractivity contribution >= 4 is 11.6 Å². The van der Waals surface area contributed by atoms with Crippen LogP contribution in [0.4, 0.5) is 5.69 Å². The molecule has 0 aliphatic carbocycles. The summed E-state index contributed by atoms with van der Waals surface area (Å²) >= 11 is 0. The lowest BCUT2D eigenvalue weighted by atomic mass is 9.88. The fourth-order valence-electron chi connectivity index (χ4n) is 4.92. The van der Waals surface area contributed by atoms with Gasteiger partial charge in [-0.1, -0.05) is 26.0 Å². The van der Waals surface area contributed by atoms with Crippen LogP contribution in [0.5, 0.6) is 0 Å². The molecule has 1 amide bonds. The summed E-state index contributed by atoms with van der Waals surface area (Å²) in [6.45, 7) is 9.74. The van der Waals surface area contributed by atoms with E-state index in [2.05, 4.69) is 37.1 Å². The second-order valence-electron chi connectivity index (χ2n) is 9.89. The predicted octanol–water partition coefficient (Wildman–Crippen LogP) is 2.48. The van der Waals surface area contributed by atoms with Crippen LogP contribution in [0.2, 0.25) is 0 Å². The lowest BCUT2D eigenvalue weighted by molar-refractivity contribution is -0.121. The summed E-state index contributed by atoms with van der Waals surface area (Å²) in [4.78, 5) is 22.4. The highest BCUT2D eigenvalue weighted by molar-refractivity contribution is 5.97. The molecule has 1 saturated heterocycles. The number of carbonyl (C=O) groups is 1. The summed E-state index contributed by atoms with van der Waals surface area (Å²) in [5.74, 6) is 0.112. The van der Waals surface area contributed by atoms with Crippen LogP contribution in [0.1, 0.15) is 43.2 Å². The Kier molecular flexibility index (Phi) is 6.80. The van der Waals surface area contributed by atoms with Gasteiger partial charge < -0.3 is 15.0 Å². The first kappa shape index (κ1) is 23.4. The highest BCUT2D eigenvalue weighted by atomic mass is 16.5. The lowest BCUT2D eigenvalue weighted by Crippen LogP contribution is -2.59. The molecule has 2 aliphatic rings. The van der Waals surface area contributed by atoms with Crippen molar-refractivity contribution in [2.24, 2.45) is 0 Å². The molecule has 0 unspecified atom stereocenters. The highest BCUT2D eigenvalue weighted by Gasteiger charge is 2.39. The number of nitrogens with zero attached hydrogens (tertiary/aromatic N) is 4. The number of pyridine rings is 1. The van der Waals surface area contributed by atoms with E-state index in [9.17, 15) is 10.1 Å². The van der Waals surface area contributed by atoms with Crippen molar-refractivity contribution < 1.29 is 9.53 Å². The molecule has 3 heterocycles. The van der Waals surface area contributed by atoms with Crippen molar-refractivity contribution in [2.45, 2.75) is 44.7 Å². The number of hydrogen-bond acceptors (Lipinski definition) is 6. The van der Waals surface area contributed by atoms with E-state index in [0.29, 0.717) is 37.7 Å². The van der Waals surface area contributed by atoms with Gasteiger partial charge in [0.05, 0.1) is 30.5 Å². The molecular formula is C26H33N5O2. The second kappa shape index (κ2) is 9.60. The van der Waals surface area contributed by atoms with E-state index in [4.69, 9.17) is 9.72 Å². The van der Waals surface area contributed by atoms with Crippen LogP contribution in [0.25, 0.3) is 0 Å². The Hall–Kier alpha value is -2.79. The molecule has 0 bridgehead atoms. The van der Waals surface area contributed by atoms with Gasteiger partial charge >= 0.3 is 0 Å². The van der Waals surface area contributed by atoms with Crippen molar-refractivity contribution in [3.63, 3.8) is 0 Å². The number of ether oxygens (including phenoxy) is 1. The number of hydrogen-bond donors (Lipinski definition) is 1. The number of amides is 1. The predicted molar refractivity (Wildman–Crippen MR) is 128 cm³/mol. The molecule has 2 atom stereocenters. The second-order valence-corrected chi connectivity index (χ2v) is 9.89. The van der Waals surface area contributed by atoms with Gasteiger partial charge in [0.15, 0.2) is 0 Å². The summed E-state index contributed by atoms with van der Waals surface area (Å²) in [6.07, 6.45) is 2.54. The summed E-state index contributed by atoms with van der Waals surface area (Å²) in [7, 11) is 1.71. The van der Waals surface area contributed by atoms with Crippen LogP contribution < -0.4 is 10.2 Å². The maximum Gasteiger partial charge on any atom is 0.241 e. The molecule has 0 saturated carbocycles. The minimum Gasteiger partial charge on any atom is -0.383 e. The molecule has 2 aliphatic heterocycles. The molecule has 33 heavy (non-hydrogen) atoms. The zero-order valence-corrected chi connectivity index (χ0v) is 20.0. The first-order valence-corrected chi connectivity index (χ1v) is 11.6. The SMILES string of the molecule is COC[C@H]1CN[C@H](C)CN1CC(=O)N1CC(C)(C)c2cnc(Cc3cccc(C#N)c3)cc21. The zero-order valence-electron chi connectivity index (χ0n) is 20.0. The van der Waals surface area contributed by atoms with Crippen LogP contribution in [-0.4, -0.2) is 67.8 Å². The van der Waals surface area contributed by atoms with Crippen LogP contribution in [0.15, 0.2) is 36.5 Å². The maximum atomic E-state index is 13.5. The number of nitriles is 1. The average molecular weight is 448 g/mol. The van der Waals surface area contributed by atoms with Crippen LogP contribution in [0, 0.1) is 11.3 Å². The minimum atomic E-state index is -0.153. The third-order valence-corrected chi connectivity index (χ3v) is 6.68. The third-order valence-electron chi connectivity index (χ3n) is 6.68. The normalized spacial score (nSPS) is 22.1. The Balaban J connectivity index is 1.56. The Morgan fingerprint density at radius 2 is 2.18 bits per heavy atom. The van der Waals surface area contributed by atoms with Gasteiger partial charge in [-0.15, -0.1) is 0 Å². The molecule has 1 aromatic carbocycles. The number of methoxy groups -OCH3 is 1. The third kappa shape index (κ3) is 5.09. The van der Waals surface area contributed by atoms with Crippen molar-refractivity contribution in [3.8, 4) is 6.07 Å². The van der Waals surface area contributed by atoms with Crippen molar-refractivity contribution in [1.82, 2.24) is 15.2 Å². The molecule has 1 fully saturated rings. The van der Waals surface area contributed by atoms with Gasteiger partial charge in [-0.05, 0) is 30.7 Å². The van der Waals surface area contributed by atoms with Gasteiger partial charge in [-0.2, -0.15) is 5.26 Å². The molecule has 2 aromatic rings. The highest BCUT2D eigenvalue weighted by Crippen LogP contribution is 2.40. The van der Waals surface area contributed by atoms with Crippen LogP contribution in [0.3, 0.4) is 0 Å². The smallest absolute Gasteiger partial charge is 0.241 e. The fourth-order valence-corrected chi connectivity index (χ4v) is 4.92. The number of fused-ring (bicyclic) bond motifs is 1. The largest absolute Gasteiger partial charge is 0.383 e. The molecule has 0 radical (unpaired) electrons. The standard InChI is InChI=1S/C26H33N5O2/c1-18-14-30(22(12-28-18)16-33-4)15-25(32)31-17-26(2,3)23-13-29-21(10-24(23)31)9-19-6-5-7-20(8-19)11-27/h5-8,10,13,18,22,28H,9,12,14-17H2,1-4H3/t18-,22-/m1/s1. The Morgan fingerprint density at radius 1 is 1.36 bits per heavy atom. The quantitative estimate of drug-likeness (QED) is 0.733. The van der Waals surface area contributed by atoms with Gasteiger partial charge in [0.1, 0.15) is 0 Å². The number of carbonyl (C=O) groups excluding carboxylic acids is 1. The maximum absolute atomic E-state index is 13.5. The number of nitrogens with one attached hydrogen (secondary N) is 1. The summed E-state index contributed by atoms with van der Waals surface area (Å²) in [5.41, 5.74) is 4.48. The first-order valence-electron chi connectivity index (χ1n) is 11.6. The van der Waals surface area contributed by atoms with Crippen LogP contribution >= 0.6 is 0 Å². The molecule has 0 spiro atoms. The number of rotatable bonds is 6. The molecule has 174 valence electrons. The van der Waals surface area contributed by atoms with E-state index in [1.807, 2.05) is 35.4 Å². The number of piperazine rings is 1. The van der Waals surface area contributed by atoms with Gasteiger partial charge in [-0.25, -0.2) is 0 Å². The van der Waals surface area contributed by atoms with Gasteiger partial charge in [0.2, 0.25) is 5.91 Å². The molecule has 1 N–H and O–H groups in total. The monoisotopic (exact) mass is 447 g/mol. The molecule has 7 nitrogen and oxygen atoms in total. The number of benzene rings is 1. The number of anilines is 1. The van der Waals surface area contributed by atoms with Crippen molar-refractivity contribution in [2.75, 3.05) is 44.8 Å². The summed E-state index contributed by atoms with van der Waals surface area (Å²) in [5, 5.41) is 12.7. The van der Waals surface area contributed by atoms with E-state index in [1.165, 1.54) is 0 Å². The van der Waals surface area contributed by atoms with E-state index >= 15 is 0 Å². The first-order chi connectivity index (χ1) is 15.8. The van der Waals surface area contributed by atoms with Gasteiger partial charge in [0.25, 0.3) is 0 Å². The Morgan fingerprint density at radius 3 is 2.94 bits per heavy atom. The van der Waals surface area contributed by atoms with E-state index in [1.54, 1.807) is 13.2 Å². The van der Waals surface area contributed by atoms with E-state index < -0.39 is 0 Å². The summed E-state index contributed by atoms with van der Waals surface area (Å²) < 4.78 is 5.40. The molecule has 1 aromatic heterocycles. The minimum absolute atomic E-state index is 0.112. The average Bonchev–Trinajstić information content (AvgIpc) is 3.06. The van der Waals surface area contributed by atoms with E-state index in [-0.39, 0.29) is 17.4 Å². The Labute approximate surface area is 196 Å². The lowest BCUT2D eigenvalue weighted by Gasteiger charge is -2.39. The summed E-state index contributed by atoms with van der Waals surface area (Å²) in [6, 6.07) is 12.4. The topological polar surface area (TPSA) is 81.5 Å². The molecule has 7 heteroatoms. The Bertz CT molecular complexity index is 1060. The molecule has 4 rings (SSSR count). The fraction of sp³-hybridized carbons (Fsp3) is 0.500. The number of aromatic nitrogens is 1. The van der Waals surface area contributed by atoms with Crippen molar-refractivity contribution in [3.05, 3.63) is 58.9 Å². The zero-order chi connectivity index (χ0) is 23.6. The molecular weight excluding hydrogens is 414 g/mol.